The van der Waals surface area contributed by atoms with E-state index in [0.717, 1.165) is 37.1 Å². The molecule has 1 saturated heterocycles. The number of hydrogen-bond acceptors (Lipinski definition) is 4. The predicted molar refractivity (Wildman–Crippen MR) is 88.9 cm³/mol. The molecule has 1 aliphatic carbocycles. The predicted octanol–water partition coefficient (Wildman–Crippen LogP) is 2.46. The van der Waals surface area contributed by atoms with Crippen molar-refractivity contribution in [1.82, 2.24) is 10.2 Å². The molecule has 0 spiro atoms. The molecular formula is C18H28N2O2. The number of hydrogen-bond donors (Lipinski definition) is 1. The van der Waals surface area contributed by atoms with E-state index in [0.29, 0.717) is 6.04 Å². The molecule has 3 rings (SSSR count). The number of nitrogens with zero attached hydrogens (tertiary/aromatic N) is 1. The Morgan fingerprint density at radius 3 is 2.77 bits per heavy atom. The maximum absolute atomic E-state index is 5.41. The number of nitrogens with one attached hydrogen (secondary N) is 1. The second-order valence-corrected chi connectivity index (χ2v) is 6.39. The molecule has 0 aromatic heterocycles. The van der Waals surface area contributed by atoms with Gasteiger partial charge in [-0.3, -0.25) is 4.90 Å². The largest absolute Gasteiger partial charge is 0.493 e. The lowest BCUT2D eigenvalue weighted by Gasteiger charge is -2.44. The van der Waals surface area contributed by atoms with Gasteiger partial charge in [0.05, 0.1) is 14.2 Å². The average Bonchev–Trinajstić information content (AvgIpc) is 2.59. The second-order valence-electron chi connectivity index (χ2n) is 6.39. The zero-order chi connectivity index (χ0) is 15.4. The molecule has 1 aromatic carbocycles. The van der Waals surface area contributed by atoms with Crippen molar-refractivity contribution in [2.75, 3.05) is 33.9 Å². The summed E-state index contributed by atoms with van der Waals surface area (Å²) in [5.41, 5.74) is 1.32. The van der Waals surface area contributed by atoms with Gasteiger partial charge in [-0.05, 0) is 37.0 Å². The van der Waals surface area contributed by atoms with E-state index in [1.54, 1.807) is 14.2 Å². The molecule has 1 N–H and O–H groups in total. The van der Waals surface area contributed by atoms with Gasteiger partial charge in [-0.15, -0.1) is 0 Å². The molecule has 0 bridgehead atoms. The molecule has 0 amide bonds. The van der Waals surface area contributed by atoms with E-state index in [1.807, 2.05) is 6.07 Å². The van der Waals surface area contributed by atoms with Gasteiger partial charge in [0, 0.05) is 31.7 Å². The van der Waals surface area contributed by atoms with Crippen LogP contribution in [0, 0.1) is 0 Å². The minimum absolute atomic E-state index is 0.716. The fourth-order valence-electron chi connectivity index (χ4n) is 3.93. The van der Waals surface area contributed by atoms with Crippen LogP contribution in [0.1, 0.15) is 31.2 Å². The van der Waals surface area contributed by atoms with Crippen LogP contribution >= 0.6 is 0 Å². The lowest BCUT2D eigenvalue weighted by atomic mass is 9.87. The third kappa shape index (κ3) is 3.39. The number of methoxy groups -OCH3 is 2. The van der Waals surface area contributed by atoms with E-state index in [-0.39, 0.29) is 0 Å². The molecule has 1 heterocycles. The topological polar surface area (TPSA) is 33.7 Å². The summed E-state index contributed by atoms with van der Waals surface area (Å²) in [5.74, 6) is 1.64. The maximum atomic E-state index is 5.41. The van der Waals surface area contributed by atoms with Gasteiger partial charge in [0.15, 0.2) is 11.5 Å². The molecule has 0 unspecified atom stereocenters. The van der Waals surface area contributed by atoms with Crippen molar-refractivity contribution in [3.63, 3.8) is 0 Å². The van der Waals surface area contributed by atoms with Crippen LogP contribution in [-0.4, -0.2) is 50.8 Å². The minimum atomic E-state index is 0.716. The number of ether oxygens (including phenoxy) is 2. The molecule has 2 aliphatic rings. The van der Waals surface area contributed by atoms with Crippen LogP contribution in [-0.2, 0) is 6.42 Å². The van der Waals surface area contributed by atoms with Crippen LogP contribution < -0.4 is 14.8 Å². The van der Waals surface area contributed by atoms with Crippen molar-refractivity contribution in [3.05, 3.63) is 23.8 Å². The summed E-state index contributed by atoms with van der Waals surface area (Å²) in [6.07, 6.45) is 6.54. The Balaban J connectivity index is 1.61. The quantitative estimate of drug-likeness (QED) is 0.906. The average molecular weight is 304 g/mol. The van der Waals surface area contributed by atoms with Crippen LogP contribution in [0.25, 0.3) is 0 Å². The molecule has 4 nitrogen and oxygen atoms in total. The molecule has 0 radical (unpaired) electrons. The Hall–Kier alpha value is -1.26. The summed E-state index contributed by atoms with van der Waals surface area (Å²) in [4.78, 5) is 2.69. The molecule has 2 atom stereocenters. The van der Waals surface area contributed by atoms with Crippen molar-refractivity contribution < 1.29 is 9.47 Å². The second kappa shape index (κ2) is 7.34. The maximum Gasteiger partial charge on any atom is 0.160 e. The number of benzene rings is 1. The third-order valence-corrected chi connectivity index (χ3v) is 5.14. The molecule has 122 valence electrons. The monoisotopic (exact) mass is 304 g/mol. The van der Waals surface area contributed by atoms with Crippen LogP contribution in [0.3, 0.4) is 0 Å². The Bertz CT molecular complexity index is 490. The van der Waals surface area contributed by atoms with Gasteiger partial charge in [-0.25, -0.2) is 0 Å². The lowest BCUT2D eigenvalue weighted by molar-refractivity contribution is 0.0893. The van der Waals surface area contributed by atoms with Gasteiger partial charge in [0.2, 0.25) is 0 Å². The molecule has 22 heavy (non-hydrogen) atoms. The summed E-state index contributed by atoms with van der Waals surface area (Å²) >= 11 is 0. The Labute approximate surface area is 133 Å². The normalized spacial score (nSPS) is 25.5. The van der Waals surface area contributed by atoms with E-state index in [9.17, 15) is 0 Å². The molecule has 1 saturated carbocycles. The van der Waals surface area contributed by atoms with Gasteiger partial charge >= 0.3 is 0 Å². The van der Waals surface area contributed by atoms with Crippen LogP contribution in [0.5, 0.6) is 11.5 Å². The standard InChI is InChI=1S/C18H28N2O2/c1-21-17-8-7-14(13-18(17)22-2)9-11-20-12-10-19-15-5-3-4-6-16(15)20/h7-8,13,15-16,19H,3-6,9-12H2,1-2H3/t15-,16-/m1/s1. The lowest BCUT2D eigenvalue weighted by Crippen LogP contribution is -2.59. The highest BCUT2D eigenvalue weighted by atomic mass is 16.5. The highest BCUT2D eigenvalue weighted by Crippen LogP contribution is 2.29. The van der Waals surface area contributed by atoms with Crippen LogP contribution in [0.4, 0.5) is 0 Å². The first-order valence-electron chi connectivity index (χ1n) is 8.50. The van der Waals surface area contributed by atoms with Gasteiger partial charge in [0.25, 0.3) is 0 Å². The van der Waals surface area contributed by atoms with E-state index in [1.165, 1.54) is 37.8 Å². The van der Waals surface area contributed by atoms with Crippen molar-refractivity contribution in [1.29, 1.82) is 0 Å². The fraction of sp³-hybridized carbons (Fsp3) is 0.667. The first kappa shape index (κ1) is 15.6. The number of piperazine rings is 1. The Kier molecular flexibility index (Phi) is 5.21. The summed E-state index contributed by atoms with van der Waals surface area (Å²) in [5, 5.41) is 3.70. The first-order chi connectivity index (χ1) is 10.8. The van der Waals surface area contributed by atoms with Crippen molar-refractivity contribution in [3.8, 4) is 11.5 Å². The third-order valence-electron chi connectivity index (χ3n) is 5.14. The smallest absolute Gasteiger partial charge is 0.160 e. The summed E-state index contributed by atoms with van der Waals surface area (Å²) in [7, 11) is 3.38. The molecule has 1 aliphatic heterocycles. The van der Waals surface area contributed by atoms with E-state index in [2.05, 4.69) is 22.3 Å². The fourth-order valence-corrected chi connectivity index (χ4v) is 3.93. The highest BCUT2D eigenvalue weighted by molar-refractivity contribution is 5.42. The molecule has 1 aromatic rings. The van der Waals surface area contributed by atoms with Crippen molar-refractivity contribution in [2.24, 2.45) is 0 Å². The molecule has 4 heteroatoms. The molecular weight excluding hydrogens is 276 g/mol. The Morgan fingerprint density at radius 1 is 1.14 bits per heavy atom. The highest BCUT2D eigenvalue weighted by Gasteiger charge is 2.32. The van der Waals surface area contributed by atoms with Crippen molar-refractivity contribution >= 4 is 0 Å². The van der Waals surface area contributed by atoms with E-state index < -0.39 is 0 Å². The number of rotatable bonds is 5. The summed E-state index contributed by atoms with van der Waals surface area (Å²) < 4.78 is 10.7. The zero-order valence-corrected chi connectivity index (χ0v) is 13.8. The zero-order valence-electron chi connectivity index (χ0n) is 13.8. The Morgan fingerprint density at radius 2 is 1.95 bits per heavy atom. The first-order valence-corrected chi connectivity index (χ1v) is 8.50. The molecule has 2 fully saturated rings. The van der Waals surface area contributed by atoms with Crippen LogP contribution in [0.2, 0.25) is 0 Å². The van der Waals surface area contributed by atoms with Gasteiger partial charge < -0.3 is 14.8 Å². The summed E-state index contributed by atoms with van der Waals surface area (Å²) in [6, 6.07) is 7.73. The van der Waals surface area contributed by atoms with Gasteiger partial charge in [0.1, 0.15) is 0 Å². The van der Waals surface area contributed by atoms with Gasteiger partial charge in [-0.1, -0.05) is 18.9 Å². The summed E-state index contributed by atoms with van der Waals surface area (Å²) in [6.45, 7) is 3.44. The van der Waals surface area contributed by atoms with Gasteiger partial charge in [-0.2, -0.15) is 0 Å². The minimum Gasteiger partial charge on any atom is -0.493 e. The van der Waals surface area contributed by atoms with E-state index in [4.69, 9.17) is 9.47 Å². The van der Waals surface area contributed by atoms with E-state index >= 15 is 0 Å². The van der Waals surface area contributed by atoms with Crippen molar-refractivity contribution in [2.45, 2.75) is 44.2 Å². The van der Waals surface area contributed by atoms with Crippen LogP contribution in [0.15, 0.2) is 18.2 Å². The SMILES string of the molecule is COc1ccc(CCN2CCN[C@@H]3CCCC[C@H]32)cc1OC. The number of fused-ring (bicyclic) bond motifs is 1.